The first-order valence-electron chi connectivity index (χ1n) is 6.83. The molecule has 0 saturated carbocycles. The SMILES string of the molecule is CCNCc1ccccc1Oc1ccc(C)cc1[N+](=O)[O-]. The van der Waals surface area contributed by atoms with Gasteiger partial charge in [-0.05, 0) is 31.2 Å². The number of aryl methyl sites for hydroxylation is 1. The van der Waals surface area contributed by atoms with E-state index >= 15 is 0 Å². The van der Waals surface area contributed by atoms with Crippen LogP contribution in [0.4, 0.5) is 5.69 Å². The average Bonchev–Trinajstić information content (AvgIpc) is 2.48. The molecule has 0 aliphatic rings. The number of nitrogens with zero attached hydrogens (tertiary/aromatic N) is 1. The quantitative estimate of drug-likeness (QED) is 0.648. The van der Waals surface area contributed by atoms with E-state index in [-0.39, 0.29) is 11.4 Å². The van der Waals surface area contributed by atoms with Gasteiger partial charge in [0.25, 0.3) is 0 Å². The van der Waals surface area contributed by atoms with Gasteiger partial charge < -0.3 is 10.1 Å². The Kier molecular flexibility index (Phi) is 4.90. The zero-order chi connectivity index (χ0) is 15.2. The van der Waals surface area contributed by atoms with Crippen LogP contribution in [0.3, 0.4) is 0 Å². The topological polar surface area (TPSA) is 64.4 Å². The van der Waals surface area contributed by atoms with Gasteiger partial charge in [-0.25, -0.2) is 0 Å². The summed E-state index contributed by atoms with van der Waals surface area (Å²) in [6, 6.07) is 12.5. The molecule has 0 aromatic heterocycles. The third-order valence-electron chi connectivity index (χ3n) is 3.07. The van der Waals surface area contributed by atoms with E-state index in [2.05, 4.69) is 5.32 Å². The van der Waals surface area contributed by atoms with E-state index in [1.165, 1.54) is 6.07 Å². The minimum Gasteiger partial charge on any atom is -0.450 e. The van der Waals surface area contributed by atoms with Gasteiger partial charge in [-0.2, -0.15) is 0 Å². The summed E-state index contributed by atoms with van der Waals surface area (Å²) in [7, 11) is 0. The summed E-state index contributed by atoms with van der Waals surface area (Å²) in [5.41, 5.74) is 1.78. The van der Waals surface area contributed by atoms with Crippen LogP contribution in [0.1, 0.15) is 18.1 Å². The van der Waals surface area contributed by atoms with Crippen LogP contribution in [0.2, 0.25) is 0 Å². The number of ether oxygens (including phenoxy) is 1. The van der Waals surface area contributed by atoms with Crippen molar-refractivity contribution in [2.45, 2.75) is 20.4 Å². The van der Waals surface area contributed by atoms with Crippen LogP contribution in [0, 0.1) is 17.0 Å². The third kappa shape index (κ3) is 3.79. The molecule has 0 aliphatic heterocycles. The fourth-order valence-electron chi connectivity index (χ4n) is 1.98. The molecule has 0 aliphatic carbocycles. The second-order valence-corrected chi connectivity index (χ2v) is 4.72. The summed E-state index contributed by atoms with van der Waals surface area (Å²) in [5, 5.41) is 14.4. The number of benzene rings is 2. The highest BCUT2D eigenvalue weighted by molar-refractivity contribution is 5.51. The van der Waals surface area contributed by atoms with Crippen molar-refractivity contribution in [2.24, 2.45) is 0 Å². The van der Waals surface area contributed by atoms with Crippen molar-refractivity contribution < 1.29 is 9.66 Å². The van der Waals surface area contributed by atoms with E-state index in [1.807, 2.05) is 38.1 Å². The lowest BCUT2D eigenvalue weighted by Crippen LogP contribution is -2.12. The Morgan fingerprint density at radius 2 is 1.95 bits per heavy atom. The standard InChI is InChI=1S/C16H18N2O3/c1-3-17-11-13-6-4-5-7-15(13)21-16-9-8-12(2)10-14(16)18(19)20/h4-10,17H,3,11H2,1-2H3. The Morgan fingerprint density at radius 3 is 2.67 bits per heavy atom. The van der Waals surface area contributed by atoms with Gasteiger partial charge in [0.1, 0.15) is 5.75 Å². The maximum absolute atomic E-state index is 11.1. The van der Waals surface area contributed by atoms with Gasteiger partial charge in [0.2, 0.25) is 5.75 Å². The van der Waals surface area contributed by atoms with Gasteiger partial charge in [-0.15, -0.1) is 0 Å². The van der Waals surface area contributed by atoms with Crippen LogP contribution in [-0.2, 0) is 6.54 Å². The third-order valence-corrected chi connectivity index (χ3v) is 3.07. The molecule has 0 spiro atoms. The molecular weight excluding hydrogens is 268 g/mol. The summed E-state index contributed by atoms with van der Waals surface area (Å²) in [4.78, 5) is 10.7. The van der Waals surface area contributed by atoms with Crippen LogP contribution in [0.5, 0.6) is 11.5 Å². The van der Waals surface area contributed by atoms with Crippen LogP contribution >= 0.6 is 0 Å². The molecule has 0 saturated heterocycles. The van der Waals surface area contributed by atoms with E-state index in [0.29, 0.717) is 12.3 Å². The van der Waals surface area contributed by atoms with Gasteiger partial charge in [0, 0.05) is 18.2 Å². The summed E-state index contributed by atoms with van der Waals surface area (Å²) in [5.74, 6) is 0.889. The first kappa shape index (κ1) is 15.0. The van der Waals surface area contributed by atoms with Gasteiger partial charge in [-0.3, -0.25) is 10.1 Å². The van der Waals surface area contributed by atoms with Gasteiger partial charge in [-0.1, -0.05) is 31.2 Å². The number of rotatable bonds is 6. The van der Waals surface area contributed by atoms with Crippen molar-refractivity contribution in [1.29, 1.82) is 0 Å². The molecule has 0 heterocycles. The zero-order valence-electron chi connectivity index (χ0n) is 12.1. The van der Waals surface area contributed by atoms with E-state index in [1.54, 1.807) is 12.1 Å². The molecule has 2 rings (SSSR count). The largest absolute Gasteiger partial charge is 0.450 e. The minimum absolute atomic E-state index is 0.0201. The van der Waals surface area contributed by atoms with Crippen molar-refractivity contribution in [1.82, 2.24) is 5.32 Å². The van der Waals surface area contributed by atoms with Gasteiger partial charge in [0.05, 0.1) is 4.92 Å². The molecule has 2 aromatic rings. The zero-order valence-corrected chi connectivity index (χ0v) is 12.1. The predicted octanol–water partition coefficient (Wildman–Crippen LogP) is 3.81. The number of para-hydroxylation sites is 1. The van der Waals surface area contributed by atoms with Gasteiger partial charge >= 0.3 is 5.69 Å². The number of nitrogens with one attached hydrogen (secondary N) is 1. The molecule has 5 heteroatoms. The Morgan fingerprint density at radius 1 is 1.19 bits per heavy atom. The maximum atomic E-state index is 11.1. The first-order chi connectivity index (χ1) is 10.1. The fraction of sp³-hybridized carbons (Fsp3) is 0.250. The number of nitro benzene ring substituents is 1. The molecule has 0 fully saturated rings. The molecule has 110 valence electrons. The molecule has 5 nitrogen and oxygen atoms in total. The van der Waals surface area contributed by atoms with Crippen molar-refractivity contribution in [2.75, 3.05) is 6.54 Å². The van der Waals surface area contributed by atoms with Gasteiger partial charge in [0.15, 0.2) is 0 Å². The monoisotopic (exact) mass is 286 g/mol. The number of hydrogen-bond acceptors (Lipinski definition) is 4. The molecule has 21 heavy (non-hydrogen) atoms. The lowest BCUT2D eigenvalue weighted by molar-refractivity contribution is -0.385. The number of hydrogen-bond donors (Lipinski definition) is 1. The minimum atomic E-state index is -0.421. The van der Waals surface area contributed by atoms with Crippen molar-refractivity contribution in [3.8, 4) is 11.5 Å². The molecule has 0 unspecified atom stereocenters. The second kappa shape index (κ2) is 6.85. The average molecular weight is 286 g/mol. The van der Waals surface area contributed by atoms with Crippen molar-refractivity contribution in [3.05, 3.63) is 63.7 Å². The highest BCUT2D eigenvalue weighted by Gasteiger charge is 2.16. The van der Waals surface area contributed by atoms with E-state index in [9.17, 15) is 10.1 Å². The van der Waals surface area contributed by atoms with Crippen molar-refractivity contribution >= 4 is 5.69 Å². The lowest BCUT2D eigenvalue weighted by atomic mass is 10.2. The smallest absolute Gasteiger partial charge is 0.311 e. The van der Waals surface area contributed by atoms with Crippen LogP contribution < -0.4 is 10.1 Å². The molecule has 0 atom stereocenters. The normalized spacial score (nSPS) is 10.4. The molecule has 2 aromatic carbocycles. The van der Waals surface area contributed by atoms with Crippen molar-refractivity contribution in [3.63, 3.8) is 0 Å². The fourth-order valence-corrected chi connectivity index (χ4v) is 1.98. The summed E-state index contributed by atoms with van der Waals surface area (Å²) < 4.78 is 5.77. The Hall–Kier alpha value is -2.40. The Bertz CT molecular complexity index is 641. The predicted molar refractivity (Wildman–Crippen MR) is 81.7 cm³/mol. The summed E-state index contributed by atoms with van der Waals surface area (Å²) >= 11 is 0. The van der Waals surface area contributed by atoms with E-state index < -0.39 is 4.92 Å². The lowest BCUT2D eigenvalue weighted by Gasteiger charge is -2.11. The van der Waals surface area contributed by atoms with E-state index in [4.69, 9.17) is 4.74 Å². The molecule has 0 bridgehead atoms. The number of nitro groups is 1. The maximum Gasteiger partial charge on any atom is 0.311 e. The van der Waals surface area contributed by atoms with Crippen LogP contribution in [0.15, 0.2) is 42.5 Å². The second-order valence-electron chi connectivity index (χ2n) is 4.72. The van der Waals surface area contributed by atoms with E-state index in [0.717, 1.165) is 17.7 Å². The molecule has 0 amide bonds. The highest BCUT2D eigenvalue weighted by Crippen LogP contribution is 2.33. The molecule has 1 N–H and O–H groups in total. The first-order valence-corrected chi connectivity index (χ1v) is 6.83. The summed E-state index contributed by atoms with van der Waals surface area (Å²) in [6.45, 7) is 5.34. The van der Waals surface area contributed by atoms with Crippen LogP contribution in [0.25, 0.3) is 0 Å². The Balaban J connectivity index is 2.32. The molecular formula is C16H18N2O3. The molecule has 0 radical (unpaired) electrons. The Labute approximate surface area is 123 Å². The highest BCUT2D eigenvalue weighted by atomic mass is 16.6. The van der Waals surface area contributed by atoms with Crippen LogP contribution in [-0.4, -0.2) is 11.5 Å². The summed E-state index contributed by atoms with van der Waals surface area (Å²) in [6.07, 6.45) is 0.